The molecule has 1 unspecified atom stereocenters. The number of hydrogen-bond acceptors (Lipinski definition) is 2. The lowest BCUT2D eigenvalue weighted by atomic mass is 9.50. The molecule has 1 aromatic carbocycles. The normalized spacial score (nSPS) is 31.4. The molecule has 0 bridgehead atoms. The summed E-state index contributed by atoms with van der Waals surface area (Å²) < 4.78 is 5.41. The summed E-state index contributed by atoms with van der Waals surface area (Å²) in [5.74, 6) is 1.81. The van der Waals surface area contributed by atoms with E-state index in [9.17, 15) is 4.79 Å². The largest absolute Gasteiger partial charge is 0.497 e. The van der Waals surface area contributed by atoms with Gasteiger partial charge in [-0.25, -0.2) is 0 Å². The first kappa shape index (κ1) is 13.7. The third-order valence-electron chi connectivity index (χ3n) is 5.86. The molecule has 2 heteroatoms. The first-order valence-corrected chi connectivity index (χ1v) is 7.60. The highest BCUT2D eigenvalue weighted by Crippen LogP contribution is 2.56. The van der Waals surface area contributed by atoms with Crippen molar-refractivity contribution in [2.24, 2.45) is 11.3 Å². The van der Waals surface area contributed by atoms with Gasteiger partial charge in [0.2, 0.25) is 0 Å². The molecule has 2 aliphatic carbocycles. The molecule has 2 aliphatic rings. The molecule has 108 valence electrons. The van der Waals surface area contributed by atoms with Crippen LogP contribution in [0.1, 0.15) is 51.2 Å². The summed E-state index contributed by atoms with van der Waals surface area (Å²) in [6.45, 7) is 6.63. The number of ether oxygens (including phenoxy) is 1. The second-order valence-corrected chi connectivity index (χ2v) is 7.18. The fraction of sp³-hybridized carbons (Fsp3) is 0.611. The van der Waals surface area contributed by atoms with E-state index in [1.165, 1.54) is 11.1 Å². The summed E-state index contributed by atoms with van der Waals surface area (Å²) in [4.78, 5) is 12.3. The molecule has 2 nitrogen and oxygen atoms in total. The average Bonchev–Trinajstić information content (AvgIpc) is 2.43. The van der Waals surface area contributed by atoms with Gasteiger partial charge in [-0.2, -0.15) is 0 Å². The van der Waals surface area contributed by atoms with Crippen molar-refractivity contribution in [2.45, 2.75) is 51.9 Å². The van der Waals surface area contributed by atoms with E-state index in [4.69, 9.17) is 4.74 Å². The lowest BCUT2D eigenvalue weighted by molar-refractivity contribution is -0.137. The van der Waals surface area contributed by atoms with E-state index in [2.05, 4.69) is 39.0 Å². The molecule has 20 heavy (non-hydrogen) atoms. The number of fused-ring (bicyclic) bond motifs is 3. The SMILES string of the molecule is COc1ccc2c(c1)C1(C)CCC(=O)C(C)(C)[C@@H]1CC2. The van der Waals surface area contributed by atoms with Gasteiger partial charge >= 0.3 is 0 Å². The topological polar surface area (TPSA) is 26.3 Å². The van der Waals surface area contributed by atoms with Crippen LogP contribution in [0.2, 0.25) is 0 Å². The molecule has 0 aromatic heterocycles. The second kappa shape index (κ2) is 4.34. The Hall–Kier alpha value is -1.31. The van der Waals surface area contributed by atoms with Crippen molar-refractivity contribution in [3.63, 3.8) is 0 Å². The molecule has 1 saturated carbocycles. The van der Waals surface area contributed by atoms with Crippen LogP contribution >= 0.6 is 0 Å². The summed E-state index contributed by atoms with van der Waals surface area (Å²) in [5.41, 5.74) is 2.76. The summed E-state index contributed by atoms with van der Waals surface area (Å²) in [6.07, 6.45) is 3.88. The zero-order valence-electron chi connectivity index (χ0n) is 13.0. The third-order valence-corrected chi connectivity index (χ3v) is 5.86. The molecular formula is C18H24O2. The van der Waals surface area contributed by atoms with Gasteiger partial charge in [0.15, 0.2) is 0 Å². The molecule has 0 radical (unpaired) electrons. The first-order chi connectivity index (χ1) is 9.39. The maximum atomic E-state index is 12.3. The van der Waals surface area contributed by atoms with Crippen LogP contribution in [0, 0.1) is 11.3 Å². The average molecular weight is 272 g/mol. The molecular weight excluding hydrogens is 248 g/mol. The molecule has 3 rings (SSSR count). The smallest absolute Gasteiger partial charge is 0.138 e. The van der Waals surface area contributed by atoms with Crippen molar-refractivity contribution in [1.29, 1.82) is 0 Å². The molecule has 0 aliphatic heterocycles. The Bertz CT molecular complexity index is 559. The van der Waals surface area contributed by atoms with Crippen molar-refractivity contribution < 1.29 is 9.53 Å². The number of aryl methyl sites for hydroxylation is 1. The van der Waals surface area contributed by atoms with E-state index < -0.39 is 0 Å². The fourth-order valence-electron chi connectivity index (χ4n) is 4.59. The van der Waals surface area contributed by atoms with E-state index in [-0.39, 0.29) is 10.8 Å². The van der Waals surface area contributed by atoms with Crippen LogP contribution in [-0.4, -0.2) is 12.9 Å². The Morgan fingerprint density at radius 1 is 1.20 bits per heavy atom. The summed E-state index contributed by atoms with van der Waals surface area (Å²) >= 11 is 0. The van der Waals surface area contributed by atoms with Gasteiger partial charge in [-0.1, -0.05) is 26.8 Å². The van der Waals surface area contributed by atoms with Crippen LogP contribution in [0.5, 0.6) is 5.75 Å². The standard InChI is InChI=1S/C18H24O2/c1-17(2)15-8-6-12-5-7-13(20-4)11-14(12)18(15,3)10-9-16(17)19/h5,7,11,15H,6,8-10H2,1-4H3/t15-,18?/m0/s1. The quantitative estimate of drug-likeness (QED) is 0.775. The number of ketones is 1. The van der Waals surface area contributed by atoms with Crippen molar-refractivity contribution in [3.8, 4) is 5.75 Å². The molecule has 2 atom stereocenters. The van der Waals surface area contributed by atoms with Gasteiger partial charge in [0.25, 0.3) is 0 Å². The Morgan fingerprint density at radius 2 is 1.95 bits per heavy atom. The molecule has 0 saturated heterocycles. The predicted octanol–water partition coefficient (Wildman–Crippen LogP) is 3.90. The van der Waals surface area contributed by atoms with Crippen molar-refractivity contribution in [3.05, 3.63) is 29.3 Å². The van der Waals surface area contributed by atoms with Gasteiger partial charge < -0.3 is 4.74 Å². The van der Waals surface area contributed by atoms with Gasteiger partial charge in [0.1, 0.15) is 11.5 Å². The van der Waals surface area contributed by atoms with Crippen LogP contribution in [0.3, 0.4) is 0 Å². The van der Waals surface area contributed by atoms with Gasteiger partial charge in [0, 0.05) is 11.8 Å². The van der Waals surface area contributed by atoms with Gasteiger partial charge in [-0.3, -0.25) is 4.79 Å². The van der Waals surface area contributed by atoms with Crippen molar-refractivity contribution in [2.75, 3.05) is 7.11 Å². The highest BCUT2D eigenvalue weighted by molar-refractivity contribution is 5.86. The molecule has 0 N–H and O–H groups in total. The van der Waals surface area contributed by atoms with Crippen molar-refractivity contribution in [1.82, 2.24) is 0 Å². The summed E-state index contributed by atoms with van der Waals surface area (Å²) in [7, 11) is 1.72. The molecule has 1 aromatic rings. The third kappa shape index (κ3) is 1.73. The van der Waals surface area contributed by atoms with Crippen LogP contribution in [0.4, 0.5) is 0 Å². The highest BCUT2D eigenvalue weighted by Gasteiger charge is 2.53. The molecule has 0 spiro atoms. The minimum absolute atomic E-state index is 0.111. The monoisotopic (exact) mass is 272 g/mol. The lowest BCUT2D eigenvalue weighted by Crippen LogP contribution is -2.52. The number of carbonyl (C=O) groups is 1. The highest BCUT2D eigenvalue weighted by atomic mass is 16.5. The number of rotatable bonds is 1. The molecule has 1 fully saturated rings. The minimum Gasteiger partial charge on any atom is -0.497 e. The maximum Gasteiger partial charge on any atom is 0.138 e. The number of Topliss-reactive ketones (excluding diaryl/α,β-unsaturated/α-hetero) is 1. The maximum absolute atomic E-state index is 12.3. The number of hydrogen-bond donors (Lipinski definition) is 0. The number of methoxy groups -OCH3 is 1. The Balaban J connectivity index is 2.13. The number of benzene rings is 1. The van der Waals surface area contributed by atoms with Crippen LogP contribution in [-0.2, 0) is 16.6 Å². The van der Waals surface area contributed by atoms with Crippen LogP contribution in [0.15, 0.2) is 18.2 Å². The Kier molecular flexibility index (Phi) is 2.97. The number of carbonyl (C=O) groups excluding carboxylic acids is 1. The van der Waals surface area contributed by atoms with E-state index in [1.807, 2.05) is 0 Å². The molecule has 0 heterocycles. The van der Waals surface area contributed by atoms with E-state index in [1.54, 1.807) is 7.11 Å². The minimum atomic E-state index is -0.201. The first-order valence-electron chi connectivity index (χ1n) is 7.60. The van der Waals surface area contributed by atoms with E-state index in [0.29, 0.717) is 18.1 Å². The Labute approximate surface area is 121 Å². The zero-order chi connectivity index (χ0) is 14.5. The van der Waals surface area contributed by atoms with Gasteiger partial charge in [-0.15, -0.1) is 0 Å². The summed E-state index contributed by atoms with van der Waals surface area (Å²) in [6, 6.07) is 6.47. The second-order valence-electron chi connectivity index (χ2n) is 7.18. The van der Waals surface area contributed by atoms with Crippen LogP contribution in [0.25, 0.3) is 0 Å². The molecule has 0 amide bonds. The zero-order valence-corrected chi connectivity index (χ0v) is 13.0. The fourth-order valence-corrected chi connectivity index (χ4v) is 4.59. The van der Waals surface area contributed by atoms with Gasteiger partial charge in [0.05, 0.1) is 7.11 Å². The Morgan fingerprint density at radius 3 is 2.65 bits per heavy atom. The lowest BCUT2D eigenvalue weighted by Gasteiger charge is -2.53. The van der Waals surface area contributed by atoms with Gasteiger partial charge in [-0.05, 0) is 53.9 Å². The van der Waals surface area contributed by atoms with Crippen molar-refractivity contribution >= 4 is 5.78 Å². The van der Waals surface area contributed by atoms with Crippen LogP contribution < -0.4 is 4.74 Å². The van der Waals surface area contributed by atoms with E-state index >= 15 is 0 Å². The predicted molar refractivity (Wildman–Crippen MR) is 80.2 cm³/mol. The summed E-state index contributed by atoms with van der Waals surface area (Å²) in [5, 5.41) is 0. The van der Waals surface area contributed by atoms with E-state index in [0.717, 1.165) is 25.0 Å².